The quantitative estimate of drug-likeness (QED) is 0.423. The van der Waals surface area contributed by atoms with Gasteiger partial charge in [0.25, 0.3) is 10.0 Å². The third-order valence-electron chi connectivity index (χ3n) is 5.86. The van der Waals surface area contributed by atoms with Crippen LogP contribution in [0, 0.1) is 6.92 Å². The van der Waals surface area contributed by atoms with E-state index in [2.05, 4.69) is 5.32 Å². The smallest absolute Gasteiger partial charge is 0.264 e. The summed E-state index contributed by atoms with van der Waals surface area (Å²) >= 11 is 0. The predicted molar refractivity (Wildman–Crippen MR) is 142 cm³/mol. The molecule has 3 aromatic rings. The maximum atomic E-state index is 13.8. The summed E-state index contributed by atoms with van der Waals surface area (Å²) in [6.45, 7) is 5.81. The molecule has 1 atom stereocenters. The number of aryl methyl sites for hydroxylation is 1. The summed E-state index contributed by atoms with van der Waals surface area (Å²) in [5.74, 6) is -0.727. The van der Waals surface area contributed by atoms with E-state index in [0.29, 0.717) is 18.7 Å². The van der Waals surface area contributed by atoms with Crippen LogP contribution in [-0.2, 0) is 26.2 Å². The fraction of sp³-hybridized carbons (Fsp3) is 0.286. The van der Waals surface area contributed by atoms with Crippen LogP contribution < -0.4 is 9.62 Å². The second kappa shape index (κ2) is 12.4. The number of hydrogen-bond acceptors (Lipinski definition) is 4. The number of amides is 2. The zero-order valence-electron chi connectivity index (χ0n) is 20.9. The van der Waals surface area contributed by atoms with E-state index in [1.165, 1.54) is 17.0 Å². The molecule has 36 heavy (non-hydrogen) atoms. The highest BCUT2D eigenvalue weighted by Crippen LogP contribution is 2.24. The van der Waals surface area contributed by atoms with Crippen LogP contribution in [0.25, 0.3) is 0 Å². The molecule has 7 nitrogen and oxygen atoms in total. The number of likely N-dealkylation sites (N-methyl/N-ethyl adjacent to an activating group) is 1. The van der Waals surface area contributed by atoms with Crippen molar-refractivity contribution in [2.24, 2.45) is 0 Å². The highest BCUT2D eigenvalue weighted by molar-refractivity contribution is 7.92. The van der Waals surface area contributed by atoms with Crippen molar-refractivity contribution in [1.82, 2.24) is 10.2 Å². The van der Waals surface area contributed by atoms with Crippen LogP contribution in [0.15, 0.2) is 89.8 Å². The van der Waals surface area contributed by atoms with Crippen molar-refractivity contribution in [3.8, 4) is 0 Å². The van der Waals surface area contributed by atoms with Gasteiger partial charge in [-0.15, -0.1) is 0 Å². The van der Waals surface area contributed by atoms with E-state index in [-0.39, 0.29) is 17.3 Å². The molecule has 1 unspecified atom stereocenters. The maximum Gasteiger partial charge on any atom is 0.264 e. The van der Waals surface area contributed by atoms with Gasteiger partial charge < -0.3 is 10.2 Å². The van der Waals surface area contributed by atoms with E-state index >= 15 is 0 Å². The maximum absolute atomic E-state index is 13.8. The van der Waals surface area contributed by atoms with Crippen LogP contribution in [0.3, 0.4) is 0 Å². The molecule has 0 bridgehead atoms. The van der Waals surface area contributed by atoms with Gasteiger partial charge in [0, 0.05) is 13.1 Å². The summed E-state index contributed by atoms with van der Waals surface area (Å²) in [5.41, 5.74) is 2.31. The molecule has 0 aliphatic carbocycles. The van der Waals surface area contributed by atoms with Crippen LogP contribution in [0.2, 0.25) is 0 Å². The number of nitrogens with zero attached hydrogens (tertiary/aromatic N) is 2. The number of benzene rings is 3. The van der Waals surface area contributed by atoms with Gasteiger partial charge in [-0.1, -0.05) is 73.2 Å². The van der Waals surface area contributed by atoms with Gasteiger partial charge >= 0.3 is 0 Å². The minimum atomic E-state index is -4.04. The van der Waals surface area contributed by atoms with E-state index in [9.17, 15) is 18.0 Å². The van der Waals surface area contributed by atoms with Crippen molar-refractivity contribution in [1.29, 1.82) is 0 Å². The van der Waals surface area contributed by atoms with Crippen molar-refractivity contribution >= 4 is 27.5 Å². The van der Waals surface area contributed by atoms with Gasteiger partial charge in [-0.05, 0) is 50.1 Å². The van der Waals surface area contributed by atoms with Crippen molar-refractivity contribution in [2.45, 2.75) is 44.7 Å². The third-order valence-corrected chi connectivity index (χ3v) is 7.65. The van der Waals surface area contributed by atoms with Crippen molar-refractivity contribution < 1.29 is 18.0 Å². The normalized spacial score (nSPS) is 12.0. The molecular weight excluding hydrogens is 474 g/mol. The SMILES string of the molecule is CCNC(=O)C(CC)N(Cc1ccc(C)cc1)C(=O)CN(c1ccccc1)S(=O)(=O)c1ccccc1. The number of nitrogens with one attached hydrogen (secondary N) is 1. The lowest BCUT2D eigenvalue weighted by Gasteiger charge is -2.33. The molecule has 0 heterocycles. The first-order valence-electron chi connectivity index (χ1n) is 12.0. The minimum Gasteiger partial charge on any atom is -0.355 e. The number of carbonyl (C=O) groups is 2. The van der Waals surface area contributed by atoms with Gasteiger partial charge in [0.05, 0.1) is 10.6 Å². The molecule has 1 N–H and O–H groups in total. The van der Waals surface area contributed by atoms with Crippen molar-refractivity contribution in [3.63, 3.8) is 0 Å². The lowest BCUT2D eigenvalue weighted by molar-refractivity contribution is -0.140. The number of rotatable bonds is 11. The molecule has 0 aliphatic rings. The lowest BCUT2D eigenvalue weighted by Crippen LogP contribution is -2.52. The van der Waals surface area contributed by atoms with Gasteiger partial charge in [-0.2, -0.15) is 0 Å². The summed E-state index contributed by atoms with van der Waals surface area (Å²) in [7, 11) is -4.04. The molecule has 0 aromatic heterocycles. The minimum absolute atomic E-state index is 0.0857. The molecule has 2 amide bonds. The molecule has 190 valence electrons. The zero-order chi connectivity index (χ0) is 26.1. The highest BCUT2D eigenvalue weighted by Gasteiger charge is 2.33. The van der Waals surface area contributed by atoms with E-state index < -0.39 is 28.5 Å². The van der Waals surface area contributed by atoms with E-state index in [1.54, 1.807) is 48.5 Å². The fourth-order valence-corrected chi connectivity index (χ4v) is 5.38. The molecule has 0 spiro atoms. The van der Waals surface area contributed by atoms with Crippen LogP contribution in [-0.4, -0.2) is 44.3 Å². The Kier molecular flexibility index (Phi) is 9.25. The first-order chi connectivity index (χ1) is 17.3. The average Bonchev–Trinajstić information content (AvgIpc) is 2.89. The summed E-state index contributed by atoms with van der Waals surface area (Å²) in [6, 6.07) is 23.5. The van der Waals surface area contributed by atoms with Crippen LogP contribution in [0.4, 0.5) is 5.69 Å². The Balaban J connectivity index is 2.01. The van der Waals surface area contributed by atoms with Gasteiger partial charge in [-0.25, -0.2) is 8.42 Å². The summed E-state index contributed by atoms with van der Waals surface area (Å²) in [5, 5.41) is 2.80. The summed E-state index contributed by atoms with van der Waals surface area (Å²) in [4.78, 5) is 28.3. The zero-order valence-corrected chi connectivity index (χ0v) is 21.7. The largest absolute Gasteiger partial charge is 0.355 e. The molecule has 3 aromatic carbocycles. The Morgan fingerprint density at radius 1 is 0.861 bits per heavy atom. The molecule has 3 rings (SSSR count). The average molecular weight is 508 g/mol. The van der Waals surface area contributed by atoms with Crippen molar-refractivity contribution in [3.05, 3.63) is 96.1 Å². The Bertz CT molecular complexity index is 1250. The summed E-state index contributed by atoms with van der Waals surface area (Å²) < 4.78 is 28.4. The van der Waals surface area contributed by atoms with Crippen molar-refractivity contribution in [2.75, 3.05) is 17.4 Å². The second-order valence-electron chi connectivity index (χ2n) is 8.49. The lowest BCUT2D eigenvalue weighted by atomic mass is 10.1. The Labute approximate surface area is 213 Å². The third kappa shape index (κ3) is 6.51. The van der Waals surface area contributed by atoms with Crippen LogP contribution >= 0.6 is 0 Å². The number of para-hydroxylation sites is 1. The van der Waals surface area contributed by atoms with Gasteiger partial charge in [-0.3, -0.25) is 13.9 Å². The number of carbonyl (C=O) groups excluding carboxylic acids is 2. The standard InChI is InChI=1S/C28H33N3O4S/c1-4-26(28(33)29-5-2)30(20-23-18-16-22(3)17-19-23)27(32)21-31(24-12-8-6-9-13-24)36(34,35)25-14-10-7-11-15-25/h6-19,26H,4-5,20-21H2,1-3H3,(H,29,33). The van der Waals surface area contributed by atoms with E-state index in [1.807, 2.05) is 45.0 Å². The number of hydrogen-bond donors (Lipinski definition) is 1. The predicted octanol–water partition coefficient (Wildman–Crippen LogP) is 4.13. The number of anilines is 1. The molecule has 8 heteroatoms. The molecular formula is C28H33N3O4S. The summed E-state index contributed by atoms with van der Waals surface area (Å²) in [6.07, 6.45) is 0.389. The first-order valence-corrected chi connectivity index (χ1v) is 13.5. The van der Waals surface area contributed by atoms with E-state index in [4.69, 9.17) is 0 Å². The second-order valence-corrected chi connectivity index (χ2v) is 10.3. The van der Waals surface area contributed by atoms with Gasteiger partial charge in [0.15, 0.2) is 0 Å². The van der Waals surface area contributed by atoms with Gasteiger partial charge in [0.2, 0.25) is 11.8 Å². The molecule has 0 saturated carbocycles. The Hall–Kier alpha value is -3.65. The fourth-order valence-electron chi connectivity index (χ4n) is 3.94. The van der Waals surface area contributed by atoms with Crippen LogP contribution in [0.1, 0.15) is 31.4 Å². The molecule has 0 saturated heterocycles. The Morgan fingerprint density at radius 2 is 1.44 bits per heavy atom. The molecule has 0 fully saturated rings. The molecule has 0 radical (unpaired) electrons. The van der Waals surface area contributed by atoms with Crippen LogP contribution in [0.5, 0.6) is 0 Å². The highest BCUT2D eigenvalue weighted by atomic mass is 32.2. The Morgan fingerprint density at radius 3 is 2.00 bits per heavy atom. The topological polar surface area (TPSA) is 86.8 Å². The number of sulfonamides is 1. The monoisotopic (exact) mass is 507 g/mol. The van der Waals surface area contributed by atoms with Gasteiger partial charge in [0.1, 0.15) is 12.6 Å². The molecule has 0 aliphatic heterocycles. The first kappa shape index (κ1) is 26.9. The van der Waals surface area contributed by atoms with E-state index in [0.717, 1.165) is 15.4 Å².